The molecule has 1 aromatic carbocycles. The first kappa shape index (κ1) is 13.6. The number of halogens is 1. The predicted octanol–water partition coefficient (Wildman–Crippen LogP) is 4.45. The van der Waals surface area contributed by atoms with Crippen LogP contribution < -0.4 is 4.74 Å². The van der Waals surface area contributed by atoms with Crippen LogP contribution in [0.5, 0.6) is 5.75 Å². The lowest BCUT2D eigenvalue weighted by Gasteiger charge is -2.28. The fraction of sp³-hybridized carbons (Fsp3) is 0.571. The number of aryl methyl sites for hydroxylation is 1. The van der Waals surface area contributed by atoms with Gasteiger partial charge in [-0.3, -0.25) is 0 Å². The molecule has 0 fully saturated rings. The average Bonchev–Trinajstić information content (AvgIpc) is 2.14. The maximum atomic E-state index is 5.23. The van der Waals surface area contributed by atoms with Crippen LogP contribution >= 0.6 is 15.9 Å². The lowest BCUT2D eigenvalue weighted by molar-refractivity contribution is 0.413. The predicted molar refractivity (Wildman–Crippen MR) is 73.8 cm³/mol. The van der Waals surface area contributed by atoms with Crippen molar-refractivity contribution >= 4 is 15.9 Å². The third kappa shape index (κ3) is 3.24. The summed E-state index contributed by atoms with van der Waals surface area (Å²) >= 11 is 3.64. The molecule has 0 aliphatic heterocycles. The van der Waals surface area contributed by atoms with Gasteiger partial charge in [-0.15, -0.1) is 0 Å². The number of benzene rings is 1. The highest BCUT2D eigenvalue weighted by Gasteiger charge is 2.24. The van der Waals surface area contributed by atoms with Gasteiger partial charge in [-0.2, -0.15) is 0 Å². The van der Waals surface area contributed by atoms with Gasteiger partial charge in [-0.1, -0.05) is 42.8 Å². The minimum atomic E-state index is 0.194. The summed E-state index contributed by atoms with van der Waals surface area (Å²) in [7, 11) is 1.71. The van der Waals surface area contributed by atoms with Crippen LogP contribution in [-0.4, -0.2) is 11.9 Å². The van der Waals surface area contributed by atoms with Crippen molar-refractivity contribution in [3.63, 3.8) is 0 Å². The molecule has 0 spiro atoms. The Bertz CT molecular complexity index is 356. The van der Waals surface area contributed by atoms with Crippen LogP contribution in [0.15, 0.2) is 18.2 Å². The normalized spacial score (nSPS) is 13.6. The topological polar surface area (TPSA) is 9.23 Å². The Kier molecular flexibility index (Phi) is 4.43. The van der Waals surface area contributed by atoms with E-state index in [0.29, 0.717) is 4.83 Å². The van der Waals surface area contributed by atoms with Gasteiger partial charge in [0.05, 0.1) is 7.11 Å². The summed E-state index contributed by atoms with van der Waals surface area (Å²) in [6, 6.07) is 6.34. The van der Waals surface area contributed by atoms with E-state index in [1.165, 1.54) is 11.1 Å². The first-order valence-corrected chi connectivity index (χ1v) is 6.57. The molecule has 0 amide bonds. The third-order valence-corrected chi connectivity index (χ3v) is 3.28. The van der Waals surface area contributed by atoms with Gasteiger partial charge in [0.1, 0.15) is 5.75 Å². The van der Waals surface area contributed by atoms with Crippen molar-refractivity contribution < 1.29 is 4.74 Å². The van der Waals surface area contributed by atoms with Crippen molar-refractivity contribution in [1.82, 2.24) is 0 Å². The molecule has 0 radical (unpaired) electrons. The van der Waals surface area contributed by atoms with Gasteiger partial charge in [0.15, 0.2) is 0 Å². The van der Waals surface area contributed by atoms with Crippen molar-refractivity contribution in [2.45, 2.75) is 44.4 Å². The molecular weight excluding hydrogens is 264 g/mol. The van der Waals surface area contributed by atoms with Crippen LogP contribution in [0.4, 0.5) is 0 Å². The molecule has 90 valence electrons. The standard InChI is InChI=1S/C14H21BrO/c1-10-8-12(16-5)6-7-13(10)14(3,4)9-11(2)15/h6-8,11H,9H2,1-5H3. The van der Waals surface area contributed by atoms with Crippen LogP contribution in [0.2, 0.25) is 0 Å². The van der Waals surface area contributed by atoms with E-state index in [9.17, 15) is 0 Å². The van der Waals surface area contributed by atoms with Crippen molar-refractivity contribution in [2.24, 2.45) is 0 Å². The average molecular weight is 285 g/mol. The minimum absolute atomic E-state index is 0.194. The summed E-state index contributed by atoms with van der Waals surface area (Å²) < 4.78 is 5.23. The van der Waals surface area contributed by atoms with Crippen LogP contribution in [0.3, 0.4) is 0 Å². The molecule has 1 rings (SSSR count). The minimum Gasteiger partial charge on any atom is -0.497 e. The van der Waals surface area contributed by atoms with Gasteiger partial charge >= 0.3 is 0 Å². The Morgan fingerprint density at radius 2 is 2.00 bits per heavy atom. The van der Waals surface area contributed by atoms with Gasteiger partial charge < -0.3 is 4.74 Å². The van der Waals surface area contributed by atoms with E-state index < -0.39 is 0 Å². The Morgan fingerprint density at radius 3 is 2.44 bits per heavy atom. The Balaban J connectivity index is 3.03. The molecule has 0 bridgehead atoms. The molecule has 2 heteroatoms. The van der Waals surface area contributed by atoms with Gasteiger partial charge in [0.2, 0.25) is 0 Å². The fourth-order valence-corrected chi connectivity index (χ4v) is 3.14. The largest absolute Gasteiger partial charge is 0.497 e. The molecular formula is C14H21BrO. The van der Waals surface area contributed by atoms with E-state index in [-0.39, 0.29) is 5.41 Å². The molecule has 16 heavy (non-hydrogen) atoms. The zero-order valence-corrected chi connectivity index (χ0v) is 12.4. The highest BCUT2D eigenvalue weighted by molar-refractivity contribution is 9.09. The molecule has 1 nitrogen and oxygen atoms in total. The molecule has 1 aromatic rings. The first-order chi connectivity index (χ1) is 7.36. The lowest BCUT2D eigenvalue weighted by Crippen LogP contribution is -2.21. The number of ether oxygens (including phenoxy) is 1. The van der Waals surface area contributed by atoms with Crippen LogP contribution in [-0.2, 0) is 5.41 Å². The van der Waals surface area contributed by atoms with Crippen molar-refractivity contribution in [3.8, 4) is 5.75 Å². The lowest BCUT2D eigenvalue weighted by atomic mass is 9.78. The number of rotatable bonds is 4. The smallest absolute Gasteiger partial charge is 0.119 e. The fourth-order valence-electron chi connectivity index (χ4n) is 2.34. The van der Waals surface area contributed by atoms with Gasteiger partial charge in [0, 0.05) is 4.83 Å². The Morgan fingerprint density at radius 1 is 1.38 bits per heavy atom. The highest BCUT2D eigenvalue weighted by atomic mass is 79.9. The zero-order chi connectivity index (χ0) is 12.3. The summed E-state index contributed by atoms with van der Waals surface area (Å²) in [6.07, 6.45) is 1.13. The van der Waals surface area contributed by atoms with Crippen LogP contribution in [0.25, 0.3) is 0 Å². The third-order valence-electron chi connectivity index (χ3n) is 2.95. The second-order valence-electron chi connectivity index (χ2n) is 5.05. The van der Waals surface area contributed by atoms with Crippen molar-refractivity contribution in [2.75, 3.05) is 7.11 Å². The number of alkyl halides is 1. The van der Waals surface area contributed by atoms with E-state index in [0.717, 1.165) is 12.2 Å². The van der Waals surface area contributed by atoms with Crippen molar-refractivity contribution in [3.05, 3.63) is 29.3 Å². The molecule has 0 N–H and O–H groups in total. The quantitative estimate of drug-likeness (QED) is 0.742. The van der Waals surface area contributed by atoms with E-state index in [2.05, 4.69) is 55.8 Å². The van der Waals surface area contributed by atoms with E-state index in [1.54, 1.807) is 7.11 Å². The molecule has 0 aromatic heterocycles. The highest BCUT2D eigenvalue weighted by Crippen LogP contribution is 2.34. The molecule has 1 atom stereocenters. The summed E-state index contributed by atoms with van der Waals surface area (Å²) in [5.41, 5.74) is 2.90. The van der Waals surface area contributed by atoms with Gasteiger partial charge in [0.25, 0.3) is 0 Å². The summed E-state index contributed by atoms with van der Waals surface area (Å²) in [5.74, 6) is 0.934. The van der Waals surface area contributed by atoms with E-state index in [1.807, 2.05) is 6.07 Å². The first-order valence-electron chi connectivity index (χ1n) is 5.66. The number of hydrogen-bond donors (Lipinski definition) is 0. The number of hydrogen-bond acceptors (Lipinski definition) is 1. The van der Waals surface area contributed by atoms with Gasteiger partial charge in [-0.25, -0.2) is 0 Å². The maximum Gasteiger partial charge on any atom is 0.119 e. The van der Waals surface area contributed by atoms with E-state index >= 15 is 0 Å². The second kappa shape index (κ2) is 5.22. The molecule has 0 heterocycles. The van der Waals surface area contributed by atoms with Crippen molar-refractivity contribution in [1.29, 1.82) is 0 Å². The molecule has 0 saturated heterocycles. The molecule has 0 saturated carbocycles. The van der Waals surface area contributed by atoms with Crippen LogP contribution in [0, 0.1) is 6.92 Å². The molecule has 1 unspecified atom stereocenters. The Hall–Kier alpha value is -0.500. The molecule has 0 aliphatic carbocycles. The number of methoxy groups -OCH3 is 1. The SMILES string of the molecule is COc1ccc(C(C)(C)CC(C)Br)c(C)c1. The van der Waals surface area contributed by atoms with E-state index in [4.69, 9.17) is 4.74 Å². The zero-order valence-electron chi connectivity index (χ0n) is 10.8. The second-order valence-corrected chi connectivity index (χ2v) is 6.61. The summed E-state index contributed by atoms with van der Waals surface area (Å²) in [4.78, 5) is 0.531. The Labute approximate surface area is 107 Å². The summed E-state index contributed by atoms with van der Waals surface area (Å²) in [6.45, 7) is 8.93. The summed E-state index contributed by atoms with van der Waals surface area (Å²) in [5, 5.41) is 0. The maximum absolute atomic E-state index is 5.23. The molecule has 0 aliphatic rings. The van der Waals surface area contributed by atoms with Crippen LogP contribution in [0.1, 0.15) is 38.3 Å². The van der Waals surface area contributed by atoms with Gasteiger partial charge in [-0.05, 0) is 42.0 Å². The monoisotopic (exact) mass is 284 g/mol.